The summed E-state index contributed by atoms with van der Waals surface area (Å²) in [4.78, 5) is 0. The lowest BCUT2D eigenvalue weighted by Crippen LogP contribution is -2.05. The fraction of sp³-hybridized carbons (Fsp3) is 0.214. The molecule has 0 radical (unpaired) electrons. The lowest BCUT2D eigenvalue weighted by Gasteiger charge is -2.06. The van der Waals surface area contributed by atoms with Gasteiger partial charge in [-0.05, 0) is 43.7 Å². The van der Waals surface area contributed by atoms with Crippen molar-refractivity contribution in [2.24, 2.45) is 0 Å². The Morgan fingerprint density at radius 2 is 1.76 bits per heavy atom. The molecule has 0 fully saturated rings. The van der Waals surface area contributed by atoms with Gasteiger partial charge in [0.1, 0.15) is 12.4 Å². The molecule has 0 atom stereocenters. The van der Waals surface area contributed by atoms with Crippen LogP contribution >= 0.6 is 23.2 Å². The summed E-state index contributed by atoms with van der Waals surface area (Å²) in [6.45, 7) is 4.09. The fourth-order valence-electron chi connectivity index (χ4n) is 1.90. The van der Waals surface area contributed by atoms with Gasteiger partial charge in [0.05, 0.1) is 0 Å². The standard InChI is InChI=1S/C14H12Cl2N4O/c1-8-9(2)14-18-17-12(20(14)19-13(8)16)7-21-11-5-3-10(15)4-6-11/h3-6H,7H2,1-2H3. The van der Waals surface area contributed by atoms with E-state index in [2.05, 4.69) is 15.3 Å². The van der Waals surface area contributed by atoms with E-state index in [9.17, 15) is 0 Å². The Bertz CT molecular complexity index is 799. The topological polar surface area (TPSA) is 52.3 Å². The lowest BCUT2D eigenvalue weighted by atomic mass is 10.2. The van der Waals surface area contributed by atoms with Crippen LogP contribution in [0.2, 0.25) is 10.2 Å². The highest BCUT2D eigenvalue weighted by atomic mass is 35.5. The molecule has 2 aromatic heterocycles. The van der Waals surface area contributed by atoms with Gasteiger partial charge in [-0.3, -0.25) is 0 Å². The van der Waals surface area contributed by atoms with Crippen LogP contribution in [-0.4, -0.2) is 19.8 Å². The van der Waals surface area contributed by atoms with E-state index >= 15 is 0 Å². The fourth-order valence-corrected chi connectivity index (χ4v) is 2.25. The second-order valence-corrected chi connectivity index (χ2v) is 5.43. The Balaban J connectivity index is 1.89. The SMILES string of the molecule is Cc1c(Cl)nn2c(COc3ccc(Cl)cc3)nnc2c1C. The van der Waals surface area contributed by atoms with Crippen LogP contribution in [0.1, 0.15) is 17.0 Å². The van der Waals surface area contributed by atoms with E-state index in [0.717, 1.165) is 11.1 Å². The molecular weight excluding hydrogens is 311 g/mol. The first kappa shape index (κ1) is 14.1. The molecule has 1 aromatic carbocycles. The Hall–Kier alpha value is -1.85. The summed E-state index contributed by atoms with van der Waals surface area (Å²) >= 11 is 11.9. The highest BCUT2D eigenvalue weighted by Crippen LogP contribution is 2.20. The summed E-state index contributed by atoms with van der Waals surface area (Å²) in [5.41, 5.74) is 2.55. The third kappa shape index (κ3) is 2.66. The number of benzene rings is 1. The zero-order valence-electron chi connectivity index (χ0n) is 11.5. The highest BCUT2D eigenvalue weighted by molar-refractivity contribution is 6.30. The van der Waals surface area contributed by atoms with Gasteiger partial charge >= 0.3 is 0 Å². The van der Waals surface area contributed by atoms with Gasteiger partial charge in [0.2, 0.25) is 0 Å². The van der Waals surface area contributed by atoms with Crippen molar-refractivity contribution in [2.75, 3.05) is 0 Å². The number of aromatic nitrogens is 4. The number of aryl methyl sites for hydroxylation is 1. The number of fused-ring (bicyclic) bond motifs is 1. The van der Waals surface area contributed by atoms with E-state index in [0.29, 0.717) is 27.4 Å². The zero-order valence-corrected chi connectivity index (χ0v) is 13.0. The van der Waals surface area contributed by atoms with Crippen molar-refractivity contribution >= 4 is 28.8 Å². The third-order valence-electron chi connectivity index (χ3n) is 3.28. The Labute approximate surface area is 131 Å². The minimum atomic E-state index is 0.245. The molecule has 0 saturated carbocycles. The molecule has 0 bridgehead atoms. The number of rotatable bonds is 3. The van der Waals surface area contributed by atoms with Gasteiger partial charge in [0, 0.05) is 10.6 Å². The molecule has 0 unspecified atom stereocenters. The van der Waals surface area contributed by atoms with Crippen molar-refractivity contribution in [3.8, 4) is 5.75 Å². The van der Waals surface area contributed by atoms with Crippen LogP contribution in [0.25, 0.3) is 5.65 Å². The summed E-state index contributed by atoms with van der Waals surface area (Å²) in [5.74, 6) is 1.29. The van der Waals surface area contributed by atoms with E-state index in [1.807, 2.05) is 13.8 Å². The molecule has 0 spiro atoms. The molecule has 2 heterocycles. The zero-order chi connectivity index (χ0) is 15.0. The van der Waals surface area contributed by atoms with Crippen molar-refractivity contribution in [1.29, 1.82) is 0 Å². The summed E-state index contributed by atoms with van der Waals surface area (Å²) in [5, 5.41) is 13.6. The minimum absolute atomic E-state index is 0.245. The predicted octanol–water partition coefficient (Wildman–Crippen LogP) is 3.63. The molecule has 3 aromatic rings. The van der Waals surface area contributed by atoms with Crippen molar-refractivity contribution in [3.63, 3.8) is 0 Å². The highest BCUT2D eigenvalue weighted by Gasteiger charge is 2.13. The Kier molecular flexibility index (Phi) is 3.69. The number of hydrogen-bond acceptors (Lipinski definition) is 4. The third-order valence-corrected chi connectivity index (χ3v) is 3.89. The van der Waals surface area contributed by atoms with Gasteiger partial charge in [-0.2, -0.15) is 9.61 Å². The second-order valence-electron chi connectivity index (χ2n) is 4.64. The largest absolute Gasteiger partial charge is 0.486 e. The Morgan fingerprint density at radius 1 is 1.05 bits per heavy atom. The van der Waals surface area contributed by atoms with Crippen LogP contribution < -0.4 is 4.74 Å². The van der Waals surface area contributed by atoms with Crippen molar-refractivity contribution < 1.29 is 4.74 Å². The van der Waals surface area contributed by atoms with Crippen LogP contribution in [0.4, 0.5) is 0 Å². The molecule has 21 heavy (non-hydrogen) atoms. The molecule has 0 aliphatic carbocycles. The maximum atomic E-state index is 6.11. The smallest absolute Gasteiger partial charge is 0.192 e. The maximum Gasteiger partial charge on any atom is 0.192 e. The molecule has 0 aliphatic rings. The summed E-state index contributed by atoms with van der Waals surface area (Å²) in [6, 6.07) is 7.12. The molecule has 0 saturated heterocycles. The summed E-state index contributed by atoms with van der Waals surface area (Å²) in [6.07, 6.45) is 0. The van der Waals surface area contributed by atoms with Gasteiger partial charge in [-0.1, -0.05) is 23.2 Å². The van der Waals surface area contributed by atoms with E-state index in [1.54, 1.807) is 28.8 Å². The molecule has 7 heteroatoms. The first-order chi connectivity index (χ1) is 10.1. The van der Waals surface area contributed by atoms with Crippen molar-refractivity contribution in [3.05, 3.63) is 51.4 Å². The first-order valence-electron chi connectivity index (χ1n) is 6.31. The van der Waals surface area contributed by atoms with E-state index in [4.69, 9.17) is 27.9 Å². The van der Waals surface area contributed by atoms with Gasteiger partial charge in [0.15, 0.2) is 16.6 Å². The number of hydrogen-bond donors (Lipinski definition) is 0. The van der Waals surface area contributed by atoms with Crippen LogP contribution in [0.5, 0.6) is 5.75 Å². The van der Waals surface area contributed by atoms with Crippen molar-refractivity contribution in [1.82, 2.24) is 19.8 Å². The van der Waals surface area contributed by atoms with E-state index < -0.39 is 0 Å². The second kappa shape index (κ2) is 5.50. The van der Waals surface area contributed by atoms with Crippen LogP contribution in [0, 0.1) is 13.8 Å². The molecule has 0 N–H and O–H groups in total. The molecule has 0 aliphatic heterocycles. The van der Waals surface area contributed by atoms with Gasteiger partial charge < -0.3 is 4.74 Å². The number of halogens is 2. The van der Waals surface area contributed by atoms with Crippen LogP contribution in [0.15, 0.2) is 24.3 Å². The van der Waals surface area contributed by atoms with Crippen LogP contribution in [-0.2, 0) is 6.61 Å². The molecule has 3 rings (SSSR count). The summed E-state index contributed by atoms with van der Waals surface area (Å²) in [7, 11) is 0. The lowest BCUT2D eigenvalue weighted by molar-refractivity contribution is 0.292. The van der Waals surface area contributed by atoms with Crippen molar-refractivity contribution in [2.45, 2.75) is 20.5 Å². The normalized spacial score (nSPS) is 11.0. The molecule has 108 valence electrons. The molecule has 5 nitrogen and oxygen atoms in total. The van der Waals surface area contributed by atoms with E-state index in [1.165, 1.54) is 0 Å². The predicted molar refractivity (Wildman–Crippen MR) is 81.1 cm³/mol. The van der Waals surface area contributed by atoms with Gasteiger partial charge in [-0.25, -0.2) is 0 Å². The Morgan fingerprint density at radius 3 is 2.48 bits per heavy atom. The van der Waals surface area contributed by atoms with E-state index in [-0.39, 0.29) is 6.61 Å². The minimum Gasteiger partial charge on any atom is -0.486 e. The summed E-state index contributed by atoms with van der Waals surface area (Å²) < 4.78 is 7.27. The van der Waals surface area contributed by atoms with Crippen LogP contribution in [0.3, 0.4) is 0 Å². The average molecular weight is 323 g/mol. The number of nitrogens with zero attached hydrogens (tertiary/aromatic N) is 4. The number of ether oxygens (including phenoxy) is 1. The first-order valence-corrected chi connectivity index (χ1v) is 7.07. The molecular formula is C14H12Cl2N4O. The molecule has 0 amide bonds. The maximum absolute atomic E-state index is 6.11. The monoisotopic (exact) mass is 322 g/mol. The average Bonchev–Trinajstić information content (AvgIpc) is 2.87. The van der Waals surface area contributed by atoms with Gasteiger partial charge in [0.25, 0.3) is 0 Å². The quantitative estimate of drug-likeness (QED) is 0.739. The van der Waals surface area contributed by atoms with Gasteiger partial charge in [-0.15, -0.1) is 10.2 Å².